The Morgan fingerprint density at radius 1 is 1.35 bits per heavy atom. The largest absolute Gasteiger partial charge is 0.516 e. The number of fused-ring (bicyclic) bond motifs is 2. The predicted molar refractivity (Wildman–Crippen MR) is 89.2 cm³/mol. The standard InChI is InChI=1S/C19H22N2O2/c1-2-12-10-21-8-7-18-15-5-3-4-6-16(15)20-17(18)14(11-22)13(12)9-19(18,21)23/h2-6,11,13,17,20,22-23H,7-10H2,1H3/b12-2-,14-11-/t13?,17?,18-,19+/m0/s1. The first-order chi connectivity index (χ1) is 11.2. The lowest BCUT2D eigenvalue weighted by Crippen LogP contribution is -2.68. The molecule has 3 N–H and O–H groups in total. The van der Waals surface area contributed by atoms with E-state index in [1.807, 2.05) is 6.07 Å². The zero-order valence-electron chi connectivity index (χ0n) is 13.3. The average Bonchev–Trinajstić information content (AvgIpc) is 3.07. The van der Waals surface area contributed by atoms with Crippen molar-refractivity contribution in [1.82, 2.24) is 4.90 Å². The fourth-order valence-electron chi connectivity index (χ4n) is 5.76. The van der Waals surface area contributed by atoms with Crippen LogP contribution in [0.3, 0.4) is 0 Å². The Morgan fingerprint density at radius 3 is 2.96 bits per heavy atom. The van der Waals surface area contributed by atoms with Crippen LogP contribution < -0.4 is 5.32 Å². The van der Waals surface area contributed by atoms with Crippen LogP contribution in [0.5, 0.6) is 0 Å². The van der Waals surface area contributed by atoms with Crippen LogP contribution in [0.4, 0.5) is 5.69 Å². The number of anilines is 1. The number of nitrogens with zero attached hydrogens (tertiary/aromatic N) is 1. The third-order valence-corrected chi connectivity index (χ3v) is 6.78. The van der Waals surface area contributed by atoms with Crippen LogP contribution in [0.1, 0.15) is 25.3 Å². The number of allylic oxidation sites excluding steroid dienone is 1. The molecule has 1 aliphatic carbocycles. The van der Waals surface area contributed by atoms with Gasteiger partial charge >= 0.3 is 0 Å². The molecule has 3 heterocycles. The lowest BCUT2D eigenvalue weighted by atomic mass is 9.56. The van der Waals surface area contributed by atoms with E-state index in [1.165, 1.54) is 17.4 Å². The van der Waals surface area contributed by atoms with E-state index in [-0.39, 0.29) is 17.4 Å². The molecule has 0 radical (unpaired) electrons. The van der Waals surface area contributed by atoms with E-state index in [0.29, 0.717) is 6.42 Å². The maximum atomic E-state index is 11.8. The van der Waals surface area contributed by atoms with Crippen LogP contribution >= 0.6 is 0 Å². The summed E-state index contributed by atoms with van der Waals surface area (Å²) < 4.78 is 0. The van der Waals surface area contributed by atoms with Crippen molar-refractivity contribution in [2.24, 2.45) is 5.92 Å². The summed E-state index contributed by atoms with van der Waals surface area (Å²) in [5.74, 6) is 0.129. The van der Waals surface area contributed by atoms with Gasteiger partial charge < -0.3 is 15.5 Å². The van der Waals surface area contributed by atoms with Crippen LogP contribution in [-0.2, 0) is 5.41 Å². The normalized spacial score (nSPS) is 44.3. The summed E-state index contributed by atoms with van der Waals surface area (Å²) in [5, 5.41) is 25.4. The summed E-state index contributed by atoms with van der Waals surface area (Å²) in [5.41, 5.74) is 3.46. The maximum absolute atomic E-state index is 11.8. The van der Waals surface area contributed by atoms with E-state index in [9.17, 15) is 10.2 Å². The Labute approximate surface area is 136 Å². The quantitative estimate of drug-likeness (QED) is 0.509. The zero-order chi connectivity index (χ0) is 15.8. The van der Waals surface area contributed by atoms with Crippen LogP contribution in [-0.4, -0.2) is 40.0 Å². The number of benzene rings is 1. The molecule has 4 heteroatoms. The van der Waals surface area contributed by atoms with Gasteiger partial charge in [0.05, 0.1) is 17.7 Å². The second-order valence-electron chi connectivity index (χ2n) is 7.33. The second-order valence-corrected chi connectivity index (χ2v) is 7.33. The molecule has 2 bridgehead atoms. The third-order valence-electron chi connectivity index (χ3n) is 6.78. The highest BCUT2D eigenvalue weighted by Crippen LogP contribution is 2.64. The molecule has 0 amide bonds. The number of hydrogen-bond donors (Lipinski definition) is 3. The van der Waals surface area contributed by atoms with E-state index in [4.69, 9.17) is 0 Å². The summed E-state index contributed by atoms with van der Waals surface area (Å²) in [6.07, 6.45) is 5.04. The molecule has 1 spiro atoms. The molecule has 23 heavy (non-hydrogen) atoms. The molecule has 4 atom stereocenters. The minimum absolute atomic E-state index is 0.0334. The molecule has 1 saturated carbocycles. The Balaban J connectivity index is 1.80. The molecule has 4 nitrogen and oxygen atoms in total. The number of hydrogen-bond acceptors (Lipinski definition) is 4. The van der Waals surface area contributed by atoms with Crippen molar-refractivity contribution in [2.45, 2.75) is 36.9 Å². The SMILES string of the molecule is C/C=C1/CN2CC[C@]34c5ccccc5NC3/C(=C\O)C1C[C@]24O. The van der Waals surface area contributed by atoms with Crippen LogP contribution in [0.25, 0.3) is 0 Å². The molecule has 3 aliphatic heterocycles. The number of piperidine rings is 1. The van der Waals surface area contributed by atoms with Crippen LogP contribution in [0.2, 0.25) is 0 Å². The summed E-state index contributed by atoms with van der Waals surface area (Å²) in [7, 11) is 0. The highest BCUT2D eigenvalue weighted by Gasteiger charge is 2.71. The van der Waals surface area contributed by atoms with Gasteiger partial charge in [-0.1, -0.05) is 29.8 Å². The number of nitrogens with one attached hydrogen (secondary N) is 1. The van der Waals surface area contributed by atoms with Gasteiger partial charge in [-0.2, -0.15) is 0 Å². The van der Waals surface area contributed by atoms with Gasteiger partial charge in [-0.05, 0) is 30.5 Å². The molecule has 2 unspecified atom stereocenters. The van der Waals surface area contributed by atoms with Gasteiger partial charge in [0.2, 0.25) is 0 Å². The molecular weight excluding hydrogens is 288 g/mol. The Hall–Kier alpha value is -1.78. The minimum Gasteiger partial charge on any atom is -0.516 e. The van der Waals surface area contributed by atoms with Crippen molar-refractivity contribution in [2.75, 3.05) is 18.4 Å². The van der Waals surface area contributed by atoms with Gasteiger partial charge in [-0.15, -0.1) is 0 Å². The molecule has 0 aromatic heterocycles. The molecule has 1 aromatic carbocycles. The van der Waals surface area contributed by atoms with Gasteiger partial charge in [0.1, 0.15) is 5.72 Å². The fourth-order valence-corrected chi connectivity index (χ4v) is 5.76. The first-order valence-corrected chi connectivity index (χ1v) is 8.48. The van der Waals surface area contributed by atoms with Gasteiger partial charge in [-0.3, -0.25) is 4.90 Å². The van der Waals surface area contributed by atoms with Crippen LogP contribution in [0, 0.1) is 5.92 Å². The van der Waals surface area contributed by atoms with E-state index < -0.39 is 5.72 Å². The van der Waals surface area contributed by atoms with Crippen molar-refractivity contribution >= 4 is 5.69 Å². The third kappa shape index (κ3) is 1.32. The summed E-state index contributed by atoms with van der Waals surface area (Å²) in [6, 6.07) is 8.28. The Bertz CT molecular complexity index is 755. The highest BCUT2D eigenvalue weighted by molar-refractivity contribution is 5.68. The van der Waals surface area contributed by atoms with Crippen molar-refractivity contribution in [3.05, 3.63) is 53.3 Å². The average molecular weight is 310 g/mol. The molecule has 1 aromatic rings. The first-order valence-electron chi connectivity index (χ1n) is 8.48. The molecule has 2 saturated heterocycles. The van der Waals surface area contributed by atoms with Gasteiger partial charge in [-0.25, -0.2) is 0 Å². The molecule has 5 rings (SSSR count). The monoisotopic (exact) mass is 310 g/mol. The number of aliphatic hydroxyl groups excluding tert-OH is 1. The summed E-state index contributed by atoms with van der Waals surface area (Å²) in [6.45, 7) is 3.75. The molecular formula is C19H22N2O2. The van der Waals surface area contributed by atoms with Crippen molar-refractivity contribution in [3.8, 4) is 0 Å². The van der Waals surface area contributed by atoms with Crippen molar-refractivity contribution < 1.29 is 10.2 Å². The summed E-state index contributed by atoms with van der Waals surface area (Å²) in [4.78, 5) is 2.25. The molecule has 120 valence electrons. The number of rotatable bonds is 0. The first kappa shape index (κ1) is 13.6. The highest BCUT2D eigenvalue weighted by atomic mass is 16.3. The van der Waals surface area contributed by atoms with E-state index >= 15 is 0 Å². The predicted octanol–water partition coefficient (Wildman–Crippen LogP) is 2.53. The Morgan fingerprint density at radius 2 is 2.17 bits per heavy atom. The second kappa shape index (κ2) is 4.19. The fraction of sp³-hybridized carbons (Fsp3) is 0.474. The van der Waals surface area contributed by atoms with E-state index in [2.05, 4.69) is 41.4 Å². The minimum atomic E-state index is -0.832. The maximum Gasteiger partial charge on any atom is 0.131 e. The lowest BCUT2D eigenvalue weighted by Gasteiger charge is -2.57. The Kier molecular flexibility index (Phi) is 2.49. The zero-order valence-corrected chi connectivity index (χ0v) is 13.3. The van der Waals surface area contributed by atoms with Gasteiger partial charge in [0.25, 0.3) is 0 Å². The van der Waals surface area contributed by atoms with Gasteiger partial charge in [0, 0.05) is 31.1 Å². The van der Waals surface area contributed by atoms with Crippen molar-refractivity contribution in [1.29, 1.82) is 0 Å². The smallest absolute Gasteiger partial charge is 0.131 e. The van der Waals surface area contributed by atoms with Crippen LogP contribution in [0.15, 0.2) is 47.7 Å². The van der Waals surface area contributed by atoms with Gasteiger partial charge in [0.15, 0.2) is 0 Å². The molecule has 4 aliphatic rings. The molecule has 3 fully saturated rings. The lowest BCUT2D eigenvalue weighted by molar-refractivity contribution is -0.156. The van der Waals surface area contributed by atoms with Crippen molar-refractivity contribution in [3.63, 3.8) is 0 Å². The topological polar surface area (TPSA) is 55.7 Å². The number of aliphatic hydroxyl groups is 2. The van der Waals surface area contributed by atoms with E-state index in [1.54, 1.807) is 0 Å². The summed E-state index contributed by atoms with van der Waals surface area (Å²) >= 11 is 0. The van der Waals surface area contributed by atoms with E-state index in [0.717, 1.165) is 30.8 Å². The number of para-hydroxylation sites is 1.